The van der Waals surface area contributed by atoms with E-state index in [0.29, 0.717) is 39.0 Å². The van der Waals surface area contributed by atoms with Crippen molar-refractivity contribution < 1.29 is 18.3 Å². The number of thiophene rings is 1. The van der Waals surface area contributed by atoms with Crippen LogP contribution >= 0.6 is 11.3 Å². The zero-order valence-corrected chi connectivity index (χ0v) is 14.0. The molecule has 0 unspecified atom stereocenters. The fourth-order valence-electron chi connectivity index (χ4n) is 2.98. The molecule has 0 N–H and O–H groups in total. The zero-order chi connectivity index (χ0) is 16.9. The number of amides is 1. The van der Waals surface area contributed by atoms with E-state index in [9.17, 15) is 13.6 Å². The number of carbonyl (C=O) groups is 1. The molecule has 1 fully saturated rings. The van der Waals surface area contributed by atoms with Gasteiger partial charge < -0.3 is 9.64 Å². The van der Waals surface area contributed by atoms with Gasteiger partial charge in [0, 0.05) is 30.7 Å². The monoisotopic (exact) mass is 351 g/mol. The summed E-state index contributed by atoms with van der Waals surface area (Å²) >= 11 is 1.61. The zero-order valence-electron chi connectivity index (χ0n) is 13.2. The van der Waals surface area contributed by atoms with E-state index in [1.54, 1.807) is 16.2 Å². The fraction of sp³-hybridized carbons (Fsp3) is 0.389. The molecule has 24 heavy (non-hydrogen) atoms. The number of ether oxygens (including phenoxy) is 1. The van der Waals surface area contributed by atoms with Gasteiger partial charge in [0.2, 0.25) is 0 Å². The van der Waals surface area contributed by atoms with E-state index < -0.39 is 23.1 Å². The van der Waals surface area contributed by atoms with Gasteiger partial charge in [-0.3, -0.25) is 4.79 Å². The van der Waals surface area contributed by atoms with Crippen LogP contribution in [0, 0.1) is 11.6 Å². The highest BCUT2D eigenvalue weighted by Crippen LogP contribution is 2.22. The normalized spacial score (nSPS) is 15.4. The summed E-state index contributed by atoms with van der Waals surface area (Å²) in [6.07, 6.45) is 2.05. The van der Waals surface area contributed by atoms with Crippen molar-refractivity contribution in [2.24, 2.45) is 0 Å². The van der Waals surface area contributed by atoms with Crippen LogP contribution in [0.25, 0.3) is 0 Å². The summed E-state index contributed by atoms with van der Waals surface area (Å²) in [5, 5.41) is 1.98. The lowest BCUT2D eigenvalue weighted by Crippen LogP contribution is -2.45. The molecule has 1 amide bonds. The van der Waals surface area contributed by atoms with E-state index in [-0.39, 0.29) is 6.04 Å². The summed E-state index contributed by atoms with van der Waals surface area (Å²) in [6.45, 7) is 1.57. The highest BCUT2D eigenvalue weighted by Gasteiger charge is 2.29. The largest absolute Gasteiger partial charge is 0.381 e. The molecular formula is C18H19F2NO2S. The summed E-state index contributed by atoms with van der Waals surface area (Å²) in [6, 6.07) is 7.42. The molecule has 0 atom stereocenters. The van der Waals surface area contributed by atoms with Crippen LogP contribution in [0.5, 0.6) is 0 Å². The van der Waals surface area contributed by atoms with Crippen molar-refractivity contribution in [3.63, 3.8) is 0 Å². The Morgan fingerprint density at radius 3 is 2.50 bits per heavy atom. The molecule has 128 valence electrons. The third kappa shape index (κ3) is 3.82. The first-order valence-electron chi connectivity index (χ1n) is 8.02. The van der Waals surface area contributed by atoms with Gasteiger partial charge in [-0.1, -0.05) is 12.1 Å². The van der Waals surface area contributed by atoms with Gasteiger partial charge in [-0.15, -0.1) is 11.3 Å². The number of rotatable bonds is 5. The van der Waals surface area contributed by atoms with Gasteiger partial charge in [-0.25, -0.2) is 8.78 Å². The van der Waals surface area contributed by atoms with Gasteiger partial charge in [-0.2, -0.15) is 0 Å². The molecule has 1 aromatic carbocycles. The Kier molecular flexibility index (Phi) is 5.58. The van der Waals surface area contributed by atoms with Crippen LogP contribution in [0.2, 0.25) is 0 Å². The highest BCUT2D eigenvalue weighted by molar-refractivity contribution is 7.09. The predicted octanol–water partition coefficient (Wildman–Crippen LogP) is 3.89. The Hall–Kier alpha value is -1.79. The van der Waals surface area contributed by atoms with Crippen LogP contribution < -0.4 is 0 Å². The van der Waals surface area contributed by atoms with E-state index in [1.807, 2.05) is 17.5 Å². The predicted molar refractivity (Wildman–Crippen MR) is 89.3 cm³/mol. The quantitative estimate of drug-likeness (QED) is 0.818. The molecule has 1 aliphatic rings. The third-order valence-corrected chi connectivity index (χ3v) is 5.18. The number of hydrogen-bond donors (Lipinski definition) is 0. The molecule has 1 aliphatic heterocycles. The third-order valence-electron chi connectivity index (χ3n) is 4.25. The number of hydrogen-bond acceptors (Lipinski definition) is 3. The minimum atomic E-state index is -0.812. The van der Waals surface area contributed by atoms with Crippen LogP contribution in [0.3, 0.4) is 0 Å². The summed E-state index contributed by atoms with van der Waals surface area (Å²) in [7, 11) is 0. The lowest BCUT2D eigenvalue weighted by molar-refractivity contribution is 0.0289. The first-order valence-corrected chi connectivity index (χ1v) is 8.90. The average Bonchev–Trinajstić information content (AvgIpc) is 3.09. The first-order chi connectivity index (χ1) is 11.7. The fourth-order valence-corrected chi connectivity index (χ4v) is 3.68. The molecule has 0 radical (unpaired) electrons. The van der Waals surface area contributed by atoms with Crippen molar-refractivity contribution in [1.82, 2.24) is 4.90 Å². The van der Waals surface area contributed by atoms with E-state index in [0.717, 1.165) is 17.0 Å². The first kappa shape index (κ1) is 17.0. The van der Waals surface area contributed by atoms with Gasteiger partial charge in [0.1, 0.15) is 17.2 Å². The molecule has 2 heterocycles. The lowest BCUT2D eigenvalue weighted by atomic mass is 10.0. The van der Waals surface area contributed by atoms with Gasteiger partial charge in [-0.05, 0) is 42.8 Å². The summed E-state index contributed by atoms with van der Waals surface area (Å²) in [5.41, 5.74) is -0.463. The lowest BCUT2D eigenvalue weighted by Gasteiger charge is -2.34. The van der Waals surface area contributed by atoms with E-state index >= 15 is 0 Å². The summed E-state index contributed by atoms with van der Waals surface area (Å²) < 4.78 is 33.4. The molecule has 2 aromatic rings. The van der Waals surface area contributed by atoms with Gasteiger partial charge in [0.05, 0.1) is 0 Å². The Morgan fingerprint density at radius 2 is 1.88 bits per heavy atom. The molecule has 0 saturated carbocycles. The minimum absolute atomic E-state index is 0.0507. The minimum Gasteiger partial charge on any atom is -0.381 e. The molecule has 0 aliphatic carbocycles. The van der Waals surface area contributed by atoms with E-state index in [1.165, 1.54) is 6.07 Å². The maximum atomic E-state index is 14.0. The number of nitrogens with zero attached hydrogens (tertiary/aromatic N) is 1. The Bertz CT molecular complexity index is 664. The second kappa shape index (κ2) is 7.85. The van der Waals surface area contributed by atoms with Crippen molar-refractivity contribution in [2.45, 2.75) is 25.3 Å². The molecule has 1 saturated heterocycles. The second-order valence-corrected chi connectivity index (χ2v) is 6.80. The molecule has 3 nitrogen and oxygen atoms in total. The standard InChI is InChI=1S/C18H19F2NO2S/c19-15-4-1-5-16(20)17(15)18(22)21(13-7-10-23-11-8-13)9-6-14-3-2-12-24-14/h1-5,12-13H,6-11H2. The number of benzene rings is 1. The van der Waals surface area contributed by atoms with Crippen molar-refractivity contribution in [2.75, 3.05) is 19.8 Å². The maximum absolute atomic E-state index is 14.0. The Balaban J connectivity index is 1.83. The van der Waals surface area contributed by atoms with Crippen LogP contribution in [-0.4, -0.2) is 36.6 Å². The summed E-state index contributed by atoms with van der Waals surface area (Å²) in [5.74, 6) is -2.20. The second-order valence-electron chi connectivity index (χ2n) is 5.77. The Labute approximate surface area is 143 Å². The van der Waals surface area contributed by atoms with E-state index in [2.05, 4.69) is 0 Å². The molecule has 0 bridgehead atoms. The van der Waals surface area contributed by atoms with Crippen molar-refractivity contribution >= 4 is 17.2 Å². The average molecular weight is 351 g/mol. The highest BCUT2D eigenvalue weighted by atomic mass is 32.1. The SMILES string of the molecule is O=C(c1c(F)cccc1F)N(CCc1cccs1)C1CCOCC1. The molecule has 1 aromatic heterocycles. The van der Waals surface area contributed by atoms with Crippen molar-refractivity contribution in [1.29, 1.82) is 0 Å². The smallest absolute Gasteiger partial charge is 0.260 e. The van der Waals surface area contributed by atoms with Crippen LogP contribution in [0.1, 0.15) is 28.1 Å². The summed E-state index contributed by atoms with van der Waals surface area (Å²) in [4.78, 5) is 15.6. The van der Waals surface area contributed by atoms with Gasteiger partial charge in [0.15, 0.2) is 0 Å². The van der Waals surface area contributed by atoms with Crippen LogP contribution in [0.4, 0.5) is 8.78 Å². The Morgan fingerprint density at radius 1 is 1.17 bits per heavy atom. The maximum Gasteiger partial charge on any atom is 0.260 e. The number of carbonyl (C=O) groups excluding carboxylic acids is 1. The van der Waals surface area contributed by atoms with Crippen molar-refractivity contribution in [3.8, 4) is 0 Å². The van der Waals surface area contributed by atoms with Crippen molar-refractivity contribution in [3.05, 3.63) is 57.8 Å². The van der Waals surface area contributed by atoms with Crippen LogP contribution in [0.15, 0.2) is 35.7 Å². The van der Waals surface area contributed by atoms with Crippen LogP contribution in [-0.2, 0) is 11.2 Å². The van der Waals surface area contributed by atoms with E-state index in [4.69, 9.17) is 4.74 Å². The molecular weight excluding hydrogens is 332 g/mol. The molecule has 6 heteroatoms. The topological polar surface area (TPSA) is 29.5 Å². The van der Waals surface area contributed by atoms with Gasteiger partial charge >= 0.3 is 0 Å². The molecule has 0 spiro atoms. The number of halogens is 2. The van der Waals surface area contributed by atoms with Gasteiger partial charge in [0.25, 0.3) is 5.91 Å². The molecule has 3 rings (SSSR count).